The second-order valence-electron chi connectivity index (χ2n) is 4.11. The molecule has 2 aromatic heterocycles. The van der Waals surface area contributed by atoms with Gasteiger partial charge < -0.3 is 5.32 Å². The van der Waals surface area contributed by atoms with Crippen LogP contribution in [-0.4, -0.2) is 22.2 Å². The molecule has 1 N–H and O–H groups in total. The highest BCUT2D eigenvalue weighted by atomic mass is 32.1. The molecule has 0 saturated heterocycles. The third-order valence-corrected chi connectivity index (χ3v) is 5.11. The van der Waals surface area contributed by atoms with Crippen LogP contribution in [0.1, 0.15) is 36.4 Å². The van der Waals surface area contributed by atoms with Gasteiger partial charge in [0.15, 0.2) is 5.01 Å². The van der Waals surface area contributed by atoms with Gasteiger partial charge in [-0.2, -0.15) is 0 Å². The van der Waals surface area contributed by atoms with Gasteiger partial charge in [-0.15, -0.1) is 21.5 Å². The van der Waals surface area contributed by atoms with Crippen molar-refractivity contribution in [2.75, 3.05) is 12.4 Å². The normalized spacial score (nSPS) is 15.2. The van der Waals surface area contributed by atoms with Crippen LogP contribution in [0.4, 0.5) is 5.13 Å². The summed E-state index contributed by atoms with van der Waals surface area (Å²) in [5, 5.41) is 14.5. The van der Waals surface area contributed by atoms with Crippen LogP contribution in [0.25, 0.3) is 9.88 Å². The highest BCUT2D eigenvalue weighted by Crippen LogP contribution is 2.46. The summed E-state index contributed by atoms with van der Waals surface area (Å²) in [6.07, 6.45) is 3.55. The Morgan fingerprint density at radius 1 is 1.29 bits per heavy atom. The number of rotatable bonds is 4. The maximum absolute atomic E-state index is 4.74. The van der Waals surface area contributed by atoms with E-state index in [0.29, 0.717) is 5.92 Å². The Bertz CT molecular complexity index is 527. The molecule has 0 spiro atoms. The maximum Gasteiger partial charge on any atom is 0.205 e. The quantitative estimate of drug-likeness (QED) is 0.923. The van der Waals surface area contributed by atoms with Crippen LogP contribution in [0.3, 0.4) is 0 Å². The molecule has 4 nitrogen and oxygen atoms in total. The zero-order chi connectivity index (χ0) is 11.8. The molecular weight excluding hydrogens is 252 g/mol. The van der Waals surface area contributed by atoms with E-state index in [9.17, 15) is 0 Å². The summed E-state index contributed by atoms with van der Waals surface area (Å²) in [6.45, 7) is 2.15. The van der Waals surface area contributed by atoms with Crippen molar-refractivity contribution >= 4 is 27.8 Å². The van der Waals surface area contributed by atoms with Crippen molar-refractivity contribution < 1.29 is 0 Å². The van der Waals surface area contributed by atoms with E-state index in [1.807, 2.05) is 7.05 Å². The van der Waals surface area contributed by atoms with Gasteiger partial charge in [0.05, 0.1) is 15.6 Å². The summed E-state index contributed by atoms with van der Waals surface area (Å²) in [5.74, 6) is 0.670. The number of aromatic nitrogens is 3. The van der Waals surface area contributed by atoms with Gasteiger partial charge in [0.1, 0.15) is 0 Å². The Kier molecular flexibility index (Phi) is 2.84. The molecule has 3 rings (SSSR count). The fraction of sp³-hybridized carbons (Fsp3) is 0.545. The minimum atomic E-state index is 0.670. The number of anilines is 1. The number of thiazole rings is 1. The van der Waals surface area contributed by atoms with Crippen molar-refractivity contribution in [3.8, 4) is 9.88 Å². The van der Waals surface area contributed by atoms with E-state index in [2.05, 4.69) is 22.4 Å². The Hall–Kier alpha value is -1.01. The first kappa shape index (κ1) is 11.1. The SMILES string of the molecule is CCc1nc(C2CC2)c(-c2nnc(NC)s2)s1. The van der Waals surface area contributed by atoms with Crippen LogP contribution in [0, 0.1) is 0 Å². The zero-order valence-electron chi connectivity index (χ0n) is 9.86. The minimum Gasteiger partial charge on any atom is -0.363 e. The molecule has 2 heterocycles. The van der Waals surface area contributed by atoms with Crippen LogP contribution in [0.15, 0.2) is 0 Å². The molecule has 1 aliphatic rings. The average Bonchev–Trinajstić information content (AvgIpc) is 2.95. The summed E-state index contributed by atoms with van der Waals surface area (Å²) >= 11 is 3.38. The molecule has 90 valence electrons. The second kappa shape index (κ2) is 4.34. The number of hydrogen-bond donors (Lipinski definition) is 1. The van der Waals surface area contributed by atoms with Crippen LogP contribution >= 0.6 is 22.7 Å². The molecule has 0 aromatic carbocycles. The van der Waals surface area contributed by atoms with E-state index in [-0.39, 0.29) is 0 Å². The highest BCUT2D eigenvalue weighted by molar-refractivity contribution is 7.23. The topological polar surface area (TPSA) is 50.7 Å². The lowest BCUT2D eigenvalue weighted by atomic mass is 10.2. The predicted molar refractivity (Wildman–Crippen MR) is 71.9 cm³/mol. The molecule has 6 heteroatoms. The van der Waals surface area contributed by atoms with Gasteiger partial charge in [-0.05, 0) is 19.3 Å². The molecule has 0 atom stereocenters. The molecule has 1 saturated carbocycles. The lowest BCUT2D eigenvalue weighted by Crippen LogP contribution is -1.85. The van der Waals surface area contributed by atoms with Crippen molar-refractivity contribution in [2.24, 2.45) is 0 Å². The van der Waals surface area contributed by atoms with Gasteiger partial charge in [0.2, 0.25) is 5.13 Å². The van der Waals surface area contributed by atoms with Crippen molar-refractivity contribution in [1.82, 2.24) is 15.2 Å². The molecule has 0 bridgehead atoms. The largest absolute Gasteiger partial charge is 0.363 e. The van der Waals surface area contributed by atoms with E-state index in [1.54, 1.807) is 22.7 Å². The molecular formula is C11H14N4S2. The first-order valence-corrected chi connectivity index (χ1v) is 7.46. The first-order chi connectivity index (χ1) is 8.31. The van der Waals surface area contributed by atoms with Crippen LogP contribution in [0.5, 0.6) is 0 Å². The van der Waals surface area contributed by atoms with E-state index < -0.39 is 0 Å². The molecule has 2 aromatic rings. The standard InChI is InChI=1S/C11H14N4S2/c1-3-7-13-8(6-4-5-6)9(16-7)10-14-15-11(12-2)17-10/h6H,3-5H2,1-2H3,(H,12,15). The Labute approximate surface area is 108 Å². The Morgan fingerprint density at radius 3 is 2.71 bits per heavy atom. The fourth-order valence-electron chi connectivity index (χ4n) is 1.73. The smallest absolute Gasteiger partial charge is 0.205 e. The minimum absolute atomic E-state index is 0.670. The van der Waals surface area contributed by atoms with Crippen molar-refractivity contribution in [3.63, 3.8) is 0 Å². The molecule has 0 radical (unpaired) electrons. The lowest BCUT2D eigenvalue weighted by Gasteiger charge is -1.93. The molecule has 0 amide bonds. The van der Waals surface area contributed by atoms with Crippen molar-refractivity contribution in [2.45, 2.75) is 32.1 Å². The molecule has 17 heavy (non-hydrogen) atoms. The summed E-state index contributed by atoms with van der Waals surface area (Å²) in [6, 6.07) is 0. The molecule has 0 aliphatic heterocycles. The average molecular weight is 266 g/mol. The van der Waals surface area contributed by atoms with E-state index in [0.717, 1.165) is 16.6 Å². The van der Waals surface area contributed by atoms with E-state index >= 15 is 0 Å². The van der Waals surface area contributed by atoms with Crippen LogP contribution < -0.4 is 5.32 Å². The second-order valence-corrected chi connectivity index (χ2v) is 6.17. The van der Waals surface area contributed by atoms with Gasteiger partial charge in [-0.3, -0.25) is 0 Å². The molecule has 1 fully saturated rings. The summed E-state index contributed by atoms with van der Waals surface area (Å²) in [5.41, 5.74) is 1.26. The monoisotopic (exact) mass is 266 g/mol. The first-order valence-electron chi connectivity index (χ1n) is 5.83. The number of hydrogen-bond acceptors (Lipinski definition) is 6. The van der Waals surface area contributed by atoms with Crippen molar-refractivity contribution in [1.29, 1.82) is 0 Å². The lowest BCUT2D eigenvalue weighted by molar-refractivity contribution is 0.992. The Morgan fingerprint density at radius 2 is 2.12 bits per heavy atom. The third kappa shape index (κ3) is 2.07. The summed E-state index contributed by atoms with van der Waals surface area (Å²) < 4.78 is 0. The number of nitrogens with one attached hydrogen (secondary N) is 1. The van der Waals surface area contributed by atoms with Gasteiger partial charge >= 0.3 is 0 Å². The predicted octanol–water partition coefficient (Wildman–Crippen LogP) is 3.14. The zero-order valence-corrected chi connectivity index (χ0v) is 11.5. The van der Waals surface area contributed by atoms with Gasteiger partial charge in [-0.25, -0.2) is 4.98 Å². The van der Waals surface area contributed by atoms with Gasteiger partial charge in [-0.1, -0.05) is 18.3 Å². The third-order valence-electron chi connectivity index (χ3n) is 2.80. The van der Waals surface area contributed by atoms with E-state index in [4.69, 9.17) is 4.98 Å². The summed E-state index contributed by atoms with van der Waals surface area (Å²) in [4.78, 5) is 5.98. The molecule has 0 unspecified atom stereocenters. The van der Waals surface area contributed by atoms with Gasteiger partial charge in [0.25, 0.3) is 0 Å². The fourth-order valence-corrected chi connectivity index (χ4v) is 3.60. The highest BCUT2D eigenvalue weighted by Gasteiger charge is 2.31. The maximum atomic E-state index is 4.74. The van der Waals surface area contributed by atoms with Crippen molar-refractivity contribution in [3.05, 3.63) is 10.7 Å². The Balaban J connectivity index is 2.02. The van der Waals surface area contributed by atoms with Gasteiger partial charge in [0, 0.05) is 13.0 Å². The number of nitrogens with zero attached hydrogens (tertiary/aromatic N) is 3. The molecule has 1 aliphatic carbocycles. The number of aryl methyl sites for hydroxylation is 1. The van der Waals surface area contributed by atoms with E-state index in [1.165, 1.54) is 28.4 Å². The summed E-state index contributed by atoms with van der Waals surface area (Å²) in [7, 11) is 1.87. The van der Waals surface area contributed by atoms with Crippen LogP contribution in [-0.2, 0) is 6.42 Å². The van der Waals surface area contributed by atoms with Crippen LogP contribution in [0.2, 0.25) is 0 Å².